The molecule has 26 heavy (non-hydrogen) atoms. The van der Waals surface area contributed by atoms with Crippen LogP contribution in [0.2, 0.25) is 0 Å². The molecule has 3 aromatic rings. The molecule has 0 amide bonds. The summed E-state index contributed by atoms with van der Waals surface area (Å²) < 4.78 is 33.2. The van der Waals surface area contributed by atoms with Gasteiger partial charge in [0.25, 0.3) is 0 Å². The maximum absolute atomic E-state index is 13.6. The van der Waals surface area contributed by atoms with Crippen LogP contribution in [0.4, 0.5) is 14.6 Å². The number of fused-ring (bicyclic) bond motifs is 1. The number of rotatable bonds is 4. The highest BCUT2D eigenvalue weighted by Gasteiger charge is 2.21. The highest BCUT2D eigenvalue weighted by atomic mass is 19.1. The Hall–Kier alpha value is -2.76. The molecule has 0 radical (unpaired) electrons. The Kier molecular flexibility index (Phi) is 4.41. The second kappa shape index (κ2) is 6.86. The van der Waals surface area contributed by atoms with E-state index in [-0.39, 0.29) is 12.1 Å². The van der Waals surface area contributed by atoms with Crippen molar-refractivity contribution < 1.29 is 13.2 Å². The van der Waals surface area contributed by atoms with Crippen molar-refractivity contribution in [1.29, 1.82) is 0 Å². The van der Waals surface area contributed by atoms with Crippen molar-refractivity contribution in [3.05, 3.63) is 65.0 Å². The summed E-state index contributed by atoms with van der Waals surface area (Å²) in [5.41, 5.74) is 3.37. The Balaban J connectivity index is 1.54. The highest BCUT2D eigenvalue weighted by molar-refractivity contribution is 5.70. The third kappa shape index (κ3) is 3.07. The van der Waals surface area contributed by atoms with E-state index in [1.807, 2.05) is 19.1 Å². The number of furan rings is 1. The average molecular weight is 355 g/mol. The number of nitrogens with one attached hydrogen (secondary N) is 1. The minimum Gasteiger partial charge on any atom is -0.465 e. The first kappa shape index (κ1) is 16.7. The number of nitrogens with zero attached hydrogens (tertiary/aromatic N) is 2. The summed E-state index contributed by atoms with van der Waals surface area (Å²) in [6.07, 6.45) is 8.14. The Morgan fingerprint density at radius 2 is 1.85 bits per heavy atom. The third-order valence-corrected chi connectivity index (χ3v) is 4.80. The van der Waals surface area contributed by atoms with Gasteiger partial charge in [-0.3, -0.25) is 4.98 Å². The lowest BCUT2D eigenvalue weighted by atomic mass is 9.92. The van der Waals surface area contributed by atoms with Crippen LogP contribution in [0.15, 0.2) is 35.1 Å². The van der Waals surface area contributed by atoms with Gasteiger partial charge < -0.3 is 9.73 Å². The molecule has 4 nitrogen and oxygen atoms in total. The third-order valence-electron chi connectivity index (χ3n) is 4.80. The normalized spacial score (nSPS) is 13.5. The summed E-state index contributed by atoms with van der Waals surface area (Å²) in [7, 11) is 0. The smallest absolute Gasteiger partial charge is 0.149 e. The topological polar surface area (TPSA) is 51.0 Å². The van der Waals surface area contributed by atoms with Gasteiger partial charge in [0.1, 0.15) is 29.0 Å². The molecule has 1 aliphatic carbocycles. The molecule has 0 saturated carbocycles. The first-order valence-corrected chi connectivity index (χ1v) is 8.73. The maximum atomic E-state index is 13.6. The number of hydrogen-bond donors (Lipinski definition) is 1. The molecule has 0 fully saturated rings. The van der Waals surface area contributed by atoms with Gasteiger partial charge in [0.15, 0.2) is 0 Å². The first-order valence-electron chi connectivity index (χ1n) is 8.73. The molecule has 3 heterocycles. The lowest BCUT2D eigenvalue weighted by molar-refractivity contribution is 0.458. The van der Waals surface area contributed by atoms with Gasteiger partial charge in [0.2, 0.25) is 0 Å². The van der Waals surface area contributed by atoms with Crippen molar-refractivity contribution in [2.75, 3.05) is 5.32 Å². The summed E-state index contributed by atoms with van der Waals surface area (Å²) in [6.45, 7) is 1.99. The summed E-state index contributed by atoms with van der Waals surface area (Å²) in [5.74, 6) is 1.22. The largest absolute Gasteiger partial charge is 0.465 e. The zero-order valence-corrected chi connectivity index (χ0v) is 14.5. The molecular formula is C20H19F2N3O. The zero-order valence-electron chi connectivity index (χ0n) is 14.5. The molecule has 3 aromatic heterocycles. The van der Waals surface area contributed by atoms with Crippen LogP contribution in [-0.2, 0) is 19.4 Å². The number of aromatic nitrogens is 2. The molecule has 0 unspecified atom stereocenters. The van der Waals surface area contributed by atoms with E-state index < -0.39 is 11.6 Å². The molecule has 0 atom stereocenters. The predicted octanol–water partition coefficient (Wildman–Crippen LogP) is 4.81. The first-order chi connectivity index (χ1) is 12.6. The minimum atomic E-state index is -0.672. The van der Waals surface area contributed by atoms with E-state index in [1.165, 1.54) is 18.4 Å². The van der Waals surface area contributed by atoms with E-state index in [2.05, 4.69) is 15.3 Å². The van der Waals surface area contributed by atoms with Crippen molar-refractivity contribution in [1.82, 2.24) is 9.97 Å². The van der Waals surface area contributed by atoms with Crippen LogP contribution in [0.1, 0.15) is 35.5 Å². The zero-order chi connectivity index (χ0) is 18.1. The fraction of sp³-hybridized carbons (Fsp3) is 0.300. The number of pyridine rings is 2. The molecule has 0 aromatic carbocycles. The van der Waals surface area contributed by atoms with Crippen molar-refractivity contribution in [2.24, 2.45) is 0 Å². The van der Waals surface area contributed by atoms with Gasteiger partial charge in [-0.1, -0.05) is 0 Å². The van der Waals surface area contributed by atoms with E-state index in [0.717, 1.165) is 47.9 Å². The van der Waals surface area contributed by atoms with E-state index in [0.29, 0.717) is 5.82 Å². The molecule has 0 spiro atoms. The van der Waals surface area contributed by atoms with Crippen LogP contribution >= 0.6 is 0 Å². The van der Waals surface area contributed by atoms with Crippen LogP contribution < -0.4 is 5.32 Å². The maximum Gasteiger partial charge on any atom is 0.149 e. The highest BCUT2D eigenvalue weighted by Crippen LogP contribution is 2.36. The lowest BCUT2D eigenvalue weighted by Gasteiger charge is -2.12. The van der Waals surface area contributed by atoms with Crippen molar-refractivity contribution >= 4 is 5.82 Å². The van der Waals surface area contributed by atoms with Gasteiger partial charge in [-0.05, 0) is 38.3 Å². The minimum absolute atomic E-state index is 0.00662. The molecule has 0 bridgehead atoms. The van der Waals surface area contributed by atoms with Gasteiger partial charge in [-0.2, -0.15) is 0 Å². The monoisotopic (exact) mass is 355 g/mol. The Morgan fingerprint density at radius 1 is 1.08 bits per heavy atom. The van der Waals surface area contributed by atoms with Crippen molar-refractivity contribution in [3.8, 4) is 11.1 Å². The van der Waals surface area contributed by atoms with Crippen molar-refractivity contribution in [2.45, 2.75) is 39.2 Å². The molecule has 134 valence electrons. The van der Waals surface area contributed by atoms with Gasteiger partial charge in [0, 0.05) is 41.4 Å². The molecular weight excluding hydrogens is 336 g/mol. The SMILES string of the molecule is Cc1oc2c(c1-c1ccc(NCc3c(F)cncc3F)nc1)CCCC2. The number of aryl methyl sites for hydroxylation is 2. The molecule has 0 saturated heterocycles. The quantitative estimate of drug-likeness (QED) is 0.729. The van der Waals surface area contributed by atoms with Gasteiger partial charge in [-0.25, -0.2) is 13.8 Å². The summed E-state index contributed by atoms with van der Waals surface area (Å²) in [6, 6.07) is 3.77. The molecule has 6 heteroatoms. The second-order valence-corrected chi connectivity index (χ2v) is 6.51. The number of halogens is 2. The van der Waals surface area contributed by atoms with Crippen LogP contribution in [-0.4, -0.2) is 9.97 Å². The molecule has 4 rings (SSSR count). The van der Waals surface area contributed by atoms with Crippen LogP contribution in [0.3, 0.4) is 0 Å². The van der Waals surface area contributed by atoms with Crippen molar-refractivity contribution in [3.63, 3.8) is 0 Å². The standard InChI is InChI=1S/C20H19F2N3O/c1-12-20(14-4-2-3-5-18(14)26-12)13-6-7-19(24-8-13)25-9-15-16(21)10-23-11-17(15)22/h6-8,10-11H,2-5,9H2,1H3,(H,24,25). The van der Waals surface area contributed by atoms with E-state index in [1.54, 1.807) is 6.20 Å². The second-order valence-electron chi connectivity index (χ2n) is 6.51. The van der Waals surface area contributed by atoms with Gasteiger partial charge in [-0.15, -0.1) is 0 Å². The number of hydrogen-bond acceptors (Lipinski definition) is 4. The summed E-state index contributed by atoms with van der Waals surface area (Å²) in [4.78, 5) is 7.87. The van der Waals surface area contributed by atoms with E-state index >= 15 is 0 Å². The van der Waals surface area contributed by atoms with E-state index in [4.69, 9.17) is 4.42 Å². The van der Waals surface area contributed by atoms with Crippen LogP contribution in [0, 0.1) is 18.6 Å². The van der Waals surface area contributed by atoms with Gasteiger partial charge >= 0.3 is 0 Å². The van der Waals surface area contributed by atoms with Gasteiger partial charge in [0.05, 0.1) is 12.4 Å². The molecule has 1 N–H and O–H groups in total. The fourth-order valence-corrected chi connectivity index (χ4v) is 3.51. The predicted molar refractivity (Wildman–Crippen MR) is 94.8 cm³/mol. The molecule has 0 aliphatic heterocycles. The van der Waals surface area contributed by atoms with Crippen LogP contribution in [0.25, 0.3) is 11.1 Å². The van der Waals surface area contributed by atoms with E-state index in [9.17, 15) is 8.78 Å². The number of anilines is 1. The lowest BCUT2D eigenvalue weighted by Crippen LogP contribution is -2.06. The van der Waals surface area contributed by atoms with Crippen LogP contribution in [0.5, 0.6) is 0 Å². The summed E-state index contributed by atoms with van der Waals surface area (Å²) in [5, 5.41) is 2.95. The molecule has 1 aliphatic rings. The average Bonchev–Trinajstić information content (AvgIpc) is 2.97. The fourth-order valence-electron chi connectivity index (χ4n) is 3.51. The Bertz CT molecular complexity index is 915. The Morgan fingerprint density at radius 3 is 2.58 bits per heavy atom. The summed E-state index contributed by atoms with van der Waals surface area (Å²) >= 11 is 0. The Labute approximate surface area is 150 Å².